The molecule has 38 heavy (non-hydrogen) atoms. The lowest BCUT2D eigenvalue weighted by atomic mass is 9.93. The second kappa shape index (κ2) is 9.81. The number of benzene rings is 2. The first-order valence-corrected chi connectivity index (χ1v) is 12.8. The highest BCUT2D eigenvalue weighted by atomic mass is 19.2. The summed E-state index contributed by atoms with van der Waals surface area (Å²) in [7, 11) is 0. The zero-order chi connectivity index (χ0) is 26.4. The number of rotatable bonds is 5. The van der Waals surface area contributed by atoms with Crippen LogP contribution in [0.3, 0.4) is 0 Å². The van der Waals surface area contributed by atoms with Crippen molar-refractivity contribution >= 4 is 29.2 Å². The normalized spacial score (nSPS) is 18.6. The Bertz CT molecular complexity index is 1470. The van der Waals surface area contributed by atoms with Gasteiger partial charge < -0.3 is 19.9 Å². The number of nitrogens with one attached hydrogen (secondary N) is 2. The van der Waals surface area contributed by atoms with Crippen LogP contribution in [0.1, 0.15) is 32.9 Å². The van der Waals surface area contributed by atoms with Gasteiger partial charge in [0.2, 0.25) is 0 Å². The molecule has 0 bridgehead atoms. The summed E-state index contributed by atoms with van der Waals surface area (Å²) < 4.78 is 34.2. The monoisotopic (exact) mass is 518 g/mol. The molecule has 9 heteroatoms. The molecular weight excluding hydrogens is 490 g/mol. The number of aromatic nitrogens is 1. The molecule has 1 aromatic heterocycles. The zero-order valence-electron chi connectivity index (χ0n) is 21.1. The number of amides is 2. The minimum Gasteiger partial charge on any atom is -0.379 e. The van der Waals surface area contributed by atoms with Crippen LogP contribution in [0, 0.1) is 18.6 Å². The summed E-state index contributed by atoms with van der Waals surface area (Å²) in [4.78, 5) is 34.0. The third-order valence-corrected chi connectivity index (χ3v) is 7.65. The molecule has 0 radical (unpaired) electrons. The molecule has 2 aromatic carbocycles. The Hall–Kier alpha value is -3.82. The maximum Gasteiger partial charge on any atom is 0.256 e. The standard InChI is InChI=1S/C29H28F2N4O3/c1-17-24(32-23-8-9-35(29(37)25(17)23)11-10-34-12-14-38-15-13-34)16-20-26-18(4-3-7-22(26)33-28(20)36)19-5-2-6-21(30)27(19)31/h2-7,16,32H,8-15H2,1H3,(H,33,36). The SMILES string of the molecule is Cc1c(C=C2C(=O)Nc3cccc(-c4cccc(F)c4F)c32)[nH]c2c1C(=O)N(CCN1CCOCC1)CC2. The molecule has 0 aliphatic carbocycles. The molecule has 2 amide bonds. The first-order chi connectivity index (χ1) is 18.4. The van der Waals surface area contributed by atoms with Gasteiger partial charge in [0.05, 0.1) is 24.4 Å². The number of morpholine rings is 1. The van der Waals surface area contributed by atoms with Gasteiger partial charge in [-0.15, -0.1) is 0 Å². The quantitative estimate of drug-likeness (QED) is 0.499. The fraction of sp³-hybridized carbons (Fsp3) is 0.310. The fourth-order valence-corrected chi connectivity index (χ4v) is 5.58. The van der Waals surface area contributed by atoms with Crippen LogP contribution in [0.2, 0.25) is 0 Å². The van der Waals surface area contributed by atoms with E-state index in [0.29, 0.717) is 53.2 Å². The molecule has 4 heterocycles. The van der Waals surface area contributed by atoms with E-state index in [1.165, 1.54) is 12.1 Å². The van der Waals surface area contributed by atoms with E-state index in [0.717, 1.165) is 50.2 Å². The van der Waals surface area contributed by atoms with E-state index < -0.39 is 11.6 Å². The Balaban J connectivity index is 1.33. The maximum atomic E-state index is 14.7. The van der Waals surface area contributed by atoms with Crippen molar-refractivity contribution in [3.05, 3.63) is 76.1 Å². The second-order valence-electron chi connectivity index (χ2n) is 9.86. The van der Waals surface area contributed by atoms with E-state index in [1.807, 2.05) is 11.8 Å². The highest BCUT2D eigenvalue weighted by molar-refractivity contribution is 6.36. The first-order valence-electron chi connectivity index (χ1n) is 12.8. The summed E-state index contributed by atoms with van der Waals surface area (Å²) in [5.74, 6) is -2.27. The largest absolute Gasteiger partial charge is 0.379 e. The summed E-state index contributed by atoms with van der Waals surface area (Å²) >= 11 is 0. The summed E-state index contributed by atoms with van der Waals surface area (Å²) in [5, 5.41) is 2.83. The van der Waals surface area contributed by atoms with Crippen molar-refractivity contribution in [1.29, 1.82) is 0 Å². The topological polar surface area (TPSA) is 77.7 Å². The van der Waals surface area contributed by atoms with Crippen LogP contribution in [0.15, 0.2) is 36.4 Å². The number of anilines is 1. The van der Waals surface area contributed by atoms with E-state index in [-0.39, 0.29) is 17.4 Å². The molecule has 196 valence electrons. The average molecular weight is 519 g/mol. The highest BCUT2D eigenvalue weighted by Crippen LogP contribution is 2.42. The van der Waals surface area contributed by atoms with Gasteiger partial charge in [0, 0.05) is 67.3 Å². The van der Waals surface area contributed by atoms with Crippen molar-refractivity contribution in [1.82, 2.24) is 14.8 Å². The molecule has 2 N–H and O–H groups in total. The summed E-state index contributed by atoms with van der Waals surface area (Å²) in [6, 6.07) is 9.11. The number of carbonyl (C=O) groups is 2. The minimum absolute atomic E-state index is 0.0169. The molecule has 0 spiro atoms. The lowest BCUT2D eigenvalue weighted by Gasteiger charge is -2.32. The molecule has 7 nitrogen and oxygen atoms in total. The maximum absolute atomic E-state index is 14.7. The van der Waals surface area contributed by atoms with Gasteiger partial charge in [0.25, 0.3) is 11.8 Å². The van der Waals surface area contributed by atoms with Crippen LogP contribution in [-0.2, 0) is 16.0 Å². The fourth-order valence-electron chi connectivity index (χ4n) is 5.58. The van der Waals surface area contributed by atoms with E-state index in [4.69, 9.17) is 4.74 Å². The zero-order valence-corrected chi connectivity index (χ0v) is 21.1. The number of halogens is 2. The number of carbonyl (C=O) groups excluding carboxylic acids is 2. The first kappa shape index (κ1) is 24.5. The number of hydrogen-bond acceptors (Lipinski definition) is 4. The van der Waals surface area contributed by atoms with Crippen LogP contribution >= 0.6 is 0 Å². The molecule has 1 saturated heterocycles. The number of nitrogens with zero attached hydrogens (tertiary/aromatic N) is 2. The third kappa shape index (κ3) is 4.21. The Morgan fingerprint density at radius 3 is 2.55 bits per heavy atom. The van der Waals surface area contributed by atoms with Gasteiger partial charge in [0.1, 0.15) is 0 Å². The molecule has 3 aromatic rings. The Labute approximate surface area is 219 Å². The van der Waals surface area contributed by atoms with Crippen LogP contribution < -0.4 is 5.32 Å². The summed E-state index contributed by atoms with van der Waals surface area (Å²) in [6.45, 7) is 7.14. The van der Waals surface area contributed by atoms with Crippen LogP contribution in [-0.4, -0.2) is 72.5 Å². The van der Waals surface area contributed by atoms with Gasteiger partial charge in [-0.3, -0.25) is 14.5 Å². The van der Waals surface area contributed by atoms with Crippen molar-refractivity contribution in [2.75, 3.05) is 51.3 Å². The number of hydrogen-bond donors (Lipinski definition) is 2. The Morgan fingerprint density at radius 2 is 1.74 bits per heavy atom. The van der Waals surface area contributed by atoms with Crippen molar-refractivity contribution in [2.45, 2.75) is 13.3 Å². The van der Waals surface area contributed by atoms with Gasteiger partial charge in [0.15, 0.2) is 11.6 Å². The van der Waals surface area contributed by atoms with Crippen LogP contribution in [0.4, 0.5) is 14.5 Å². The number of fused-ring (bicyclic) bond motifs is 2. The Kier molecular flexibility index (Phi) is 6.33. The summed E-state index contributed by atoms with van der Waals surface area (Å²) in [6.07, 6.45) is 2.40. The molecule has 0 unspecified atom stereocenters. The molecule has 3 aliphatic rings. The minimum atomic E-state index is -0.964. The van der Waals surface area contributed by atoms with Gasteiger partial charge >= 0.3 is 0 Å². The lowest BCUT2D eigenvalue weighted by Crippen LogP contribution is -2.45. The van der Waals surface area contributed by atoms with E-state index in [2.05, 4.69) is 15.2 Å². The molecule has 3 aliphatic heterocycles. The lowest BCUT2D eigenvalue weighted by molar-refractivity contribution is -0.110. The molecule has 1 fully saturated rings. The third-order valence-electron chi connectivity index (χ3n) is 7.65. The molecular formula is C29H28F2N4O3. The van der Waals surface area contributed by atoms with Crippen molar-refractivity contribution in [3.8, 4) is 11.1 Å². The van der Waals surface area contributed by atoms with Crippen molar-refractivity contribution in [2.24, 2.45) is 0 Å². The van der Waals surface area contributed by atoms with Crippen LogP contribution in [0.5, 0.6) is 0 Å². The smallest absolute Gasteiger partial charge is 0.256 e. The number of aromatic amines is 1. The Morgan fingerprint density at radius 1 is 0.974 bits per heavy atom. The molecule has 0 saturated carbocycles. The number of H-pyrrole nitrogens is 1. The summed E-state index contributed by atoms with van der Waals surface area (Å²) in [5.41, 5.74) is 4.79. The van der Waals surface area contributed by atoms with Gasteiger partial charge in [-0.05, 0) is 36.3 Å². The van der Waals surface area contributed by atoms with E-state index >= 15 is 0 Å². The number of ether oxygens (including phenoxy) is 1. The molecule has 6 rings (SSSR count). The molecule has 0 atom stereocenters. The van der Waals surface area contributed by atoms with E-state index in [9.17, 15) is 18.4 Å². The van der Waals surface area contributed by atoms with E-state index in [1.54, 1.807) is 24.3 Å². The average Bonchev–Trinajstić information content (AvgIpc) is 3.42. The highest BCUT2D eigenvalue weighted by Gasteiger charge is 2.32. The van der Waals surface area contributed by atoms with Crippen molar-refractivity contribution in [3.63, 3.8) is 0 Å². The second-order valence-corrected chi connectivity index (χ2v) is 9.86. The predicted molar refractivity (Wildman–Crippen MR) is 141 cm³/mol. The van der Waals surface area contributed by atoms with Gasteiger partial charge in [-0.1, -0.05) is 24.3 Å². The predicted octanol–water partition coefficient (Wildman–Crippen LogP) is 4.09. The van der Waals surface area contributed by atoms with Crippen molar-refractivity contribution < 1.29 is 23.1 Å². The van der Waals surface area contributed by atoms with Crippen LogP contribution in [0.25, 0.3) is 22.8 Å². The van der Waals surface area contributed by atoms with Gasteiger partial charge in [-0.25, -0.2) is 8.78 Å². The van der Waals surface area contributed by atoms with Gasteiger partial charge in [-0.2, -0.15) is 0 Å².